The summed E-state index contributed by atoms with van der Waals surface area (Å²) in [6, 6.07) is 17.4. The number of phenolic OH excluding ortho intramolecular Hbond substituents is 1. The van der Waals surface area contributed by atoms with Gasteiger partial charge < -0.3 is 9.63 Å². The van der Waals surface area contributed by atoms with Gasteiger partial charge in [-0.3, -0.25) is 14.4 Å². The van der Waals surface area contributed by atoms with Crippen molar-refractivity contribution in [2.45, 2.75) is 5.16 Å². The number of benzene rings is 3. The van der Waals surface area contributed by atoms with Gasteiger partial charge >= 0.3 is 7.82 Å². The molecule has 0 aliphatic heterocycles. The van der Waals surface area contributed by atoms with E-state index in [0.29, 0.717) is 16.5 Å². The van der Waals surface area contributed by atoms with Crippen LogP contribution in [0.4, 0.5) is 0 Å². The summed E-state index contributed by atoms with van der Waals surface area (Å²) in [7, 11) is -4.73. The summed E-state index contributed by atoms with van der Waals surface area (Å²) in [5.74, 6) is -0.119. The Morgan fingerprint density at radius 3 is 2.50 bits per heavy atom. The van der Waals surface area contributed by atoms with Crippen LogP contribution in [-0.4, -0.2) is 29.7 Å². The van der Waals surface area contributed by atoms with Gasteiger partial charge in [0.1, 0.15) is 11.5 Å². The van der Waals surface area contributed by atoms with E-state index in [9.17, 15) is 9.67 Å². The average molecular weight is 415 g/mol. The van der Waals surface area contributed by atoms with Crippen LogP contribution in [0, 0.1) is 0 Å². The van der Waals surface area contributed by atoms with Crippen LogP contribution in [0.15, 0.2) is 65.8 Å². The van der Waals surface area contributed by atoms with Gasteiger partial charge in [0.05, 0.1) is 11.3 Å². The second kappa shape index (κ2) is 6.96. The molecule has 10 heteroatoms. The summed E-state index contributed by atoms with van der Waals surface area (Å²) in [4.78, 5) is 17.8. The van der Waals surface area contributed by atoms with Crippen molar-refractivity contribution < 1.29 is 24.0 Å². The van der Waals surface area contributed by atoms with E-state index in [0.717, 1.165) is 22.5 Å². The molecule has 0 saturated heterocycles. The van der Waals surface area contributed by atoms with Crippen molar-refractivity contribution in [3.63, 3.8) is 0 Å². The molecule has 0 atom stereocenters. The lowest BCUT2D eigenvalue weighted by Crippen LogP contribution is -2.00. The van der Waals surface area contributed by atoms with Crippen molar-refractivity contribution in [3.05, 3.63) is 60.7 Å². The minimum Gasteiger partial charge on any atom is -0.507 e. The Bertz CT molecular complexity index is 1230. The Kier molecular flexibility index (Phi) is 4.60. The molecule has 0 spiro atoms. The number of phosphoric acid groups is 1. The quantitative estimate of drug-likeness (QED) is 0.297. The highest BCUT2D eigenvalue weighted by Crippen LogP contribution is 2.41. The number of fused-ring (bicyclic) bond motifs is 1. The zero-order chi connectivity index (χ0) is 19.9. The molecule has 0 amide bonds. The van der Waals surface area contributed by atoms with E-state index < -0.39 is 7.82 Å². The van der Waals surface area contributed by atoms with E-state index in [1.807, 2.05) is 42.5 Å². The van der Waals surface area contributed by atoms with E-state index in [1.54, 1.807) is 4.57 Å². The van der Waals surface area contributed by atoms with Gasteiger partial charge in [0.2, 0.25) is 0 Å². The highest BCUT2D eigenvalue weighted by atomic mass is 32.1. The van der Waals surface area contributed by atoms with Gasteiger partial charge in [-0.2, -0.15) is 0 Å². The van der Waals surface area contributed by atoms with Crippen LogP contribution < -0.4 is 4.52 Å². The minimum absolute atomic E-state index is 0.170. The van der Waals surface area contributed by atoms with Crippen molar-refractivity contribution >= 4 is 31.2 Å². The maximum atomic E-state index is 11.0. The SMILES string of the molecule is O=P(O)(O)Oc1ccc(-c2nnc(S)n2-c2cccc3ccccc23)c(O)c1. The largest absolute Gasteiger partial charge is 0.524 e. The number of aromatic hydroxyl groups is 1. The predicted octanol–water partition coefficient (Wildman–Crippen LogP) is 3.55. The number of hydrogen-bond donors (Lipinski definition) is 4. The molecular formula is C18H14N3O5PS. The highest BCUT2D eigenvalue weighted by molar-refractivity contribution is 7.80. The van der Waals surface area contributed by atoms with Crippen molar-refractivity contribution in [3.8, 4) is 28.6 Å². The van der Waals surface area contributed by atoms with Gasteiger partial charge in [-0.05, 0) is 23.6 Å². The lowest BCUT2D eigenvalue weighted by molar-refractivity contribution is 0.283. The van der Waals surface area contributed by atoms with Gasteiger partial charge in [0, 0.05) is 11.5 Å². The Labute approximate surface area is 164 Å². The van der Waals surface area contributed by atoms with Gasteiger partial charge in [0.15, 0.2) is 11.0 Å². The molecule has 8 nitrogen and oxygen atoms in total. The topological polar surface area (TPSA) is 118 Å². The molecule has 0 bridgehead atoms. The van der Waals surface area contributed by atoms with Crippen molar-refractivity contribution in [2.24, 2.45) is 0 Å². The fraction of sp³-hybridized carbons (Fsp3) is 0. The maximum Gasteiger partial charge on any atom is 0.524 e. The number of hydrogen-bond acceptors (Lipinski definition) is 6. The lowest BCUT2D eigenvalue weighted by Gasteiger charge is -2.13. The standard InChI is InChI=1S/C18H14N3O5PS/c22-16-10-12(26-27(23,24)25)8-9-14(16)17-19-20-18(28)21(17)15-7-3-5-11-4-1-2-6-13(11)15/h1-10,22H,(H,20,28)(H2,23,24,25). The first-order valence-corrected chi connectivity index (χ1v) is 10.0. The molecule has 1 heterocycles. The summed E-state index contributed by atoms with van der Waals surface area (Å²) in [5.41, 5.74) is 1.08. The molecular weight excluding hydrogens is 401 g/mol. The Balaban J connectivity index is 1.87. The smallest absolute Gasteiger partial charge is 0.507 e. The van der Waals surface area contributed by atoms with Gasteiger partial charge in [-0.25, -0.2) is 4.57 Å². The van der Waals surface area contributed by atoms with Crippen molar-refractivity contribution in [1.82, 2.24) is 14.8 Å². The lowest BCUT2D eigenvalue weighted by atomic mass is 10.1. The van der Waals surface area contributed by atoms with Crippen molar-refractivity contribution in [1.29, 1.82) is 0 Å². The molecule has 4 rings (SSSR count). The van der Waals surface area contributed by atoms with E-state index in [-0.39, 0.29) is 11.5 Å². The van der Waals surface area contributed by atoms with Crippen LogP contribution in [-0.2, 0) is 4.57 Å². The summed E-state index contributed by atoms with van der Waals surface area (Å²) < 4.78 is 17.2. The van der Waals surface area contributed by atoms with Crippen molar-refractivity contribution in [2.75, 3.05) is 0 Å². The molecule has 0 aliphatic carbocycles. The fourth-order valence-corrected chi connectivity index (χ4v) is 3.61. The molecule has 1 aromatic heterocycles. The normalized spacial score (nSPS) is 11.7. The Hall–Kier alpha value is -2.84. The summed E-state index contributed by atoms with van der Waals surface area (Å²) in [5, 5.41) is 20.8. The van der Waals surface area contributed by atoms with Gasteiger partial charge in [-0.1, -0.05) is 36.4 Å². The van der Waals surface area contributed by atoms with Crippen LogP contribution in [0.3, 0.4) is 0 Å². The molecule has 3 N–H and O–H groups in total. The number of rotatable bonds is 4. The molecule has 142 valence electrons. The molecule has 0 saturated carbocycles. The predicted molar refractivity (Wildman–Crippen MR) is 106 cm³/mol. The first-order valence-electron chi connectivity index (χ1n) is 8.04. The highest BCUT2D eigenvalue weighted by Gasteiger charge is 2.21. The average Bonchev–Trinajstić information content (AvgIpc) is 3.01. The Morgan fingerprint density at radius 1 is 1.00 bits per heavy atom. The minimum atomic E-state index is -4.73. The Morgan fingerprint density at radius 2 is 1.75 bits per heavy atom. The van der Waals surface area contributed by atoms with Gasteiger partial charge in [0.25, 0.3) is 0 Å². The molecule has 0 unspecified atom stereocenters. The fourth-order valence-electron chi connectivity index (χ4n) is 2.97. The molecule has 0 radical (unpaired) electrons. The van der Waals surface area contributed by atoms with Crippen LogP contribution in [0.2, 0.25) is 0 Å². The maximum absolute atomic E-state index is 11.0. The summed E-state index contributed by atoms with van der Waals surface area (Å²) in [6.45, 7) is 0. The number of thiol groups is 1. The summed E-state index contributed by atoms with van der Waals surface area (Å²) in [6.07, 6.45) is 0. The molecule has 3 aromatic carbocycles. The first-order chi connectivity index (χ1) is 13.3. The van der Waals surface area contributed by atoms with E-state index in [1.165, 1.54) is 12.1 Å². The monoisotopic (exact) mass is 415 g/mol. The zero-order valence-corrected chi connectivity index (χ0v) is 16.0. The third-order valence-corrected chi connectivity index (χ3v) is 4.83. The van der Waals surface area contributed by atoms with E-state index in [4.69, 9.17) is 9.79 Å². The number of phosphoric ester groups is 1. The van der Waals surface area contributed by atoms with Crippen LogP contribution in [0.1, 0.15) is 0 Å². The number of nitrogens with zero attached hydrogens (tertiary/aromatic N) is 3. The third-order valence-electron chi connectivity index (χ3n) is 4.09. The molecule has 0 aliphatic rings. The number of aromatic nitrogens is 3. The third kappa shape index (κ3) is 3.48. The van der Waals surface area contributed by atoms with Gasteiger partial charge in [-0.15, -0.1) is 22.8 Å². The first kappa shape index (κ1) is 18.5. The van der Waals surface area contributed by atoms with Crippen LogP contribution in [0.5, 0.6) is 11.5 Å². The number of phenols is 1. The van der Waals surface area contributed by atoms with E-state index >= 15 is 0 Å². The van der Waals surface area contributed by atoms with E-state index in [2.05, 4.69) is 27.3 Å². The second-order valence-corrected chi connectivity index (χ2v) is 7.48. The van der Waals surface area contributed by atoms with Crippen LogP contribution >= 0.6 is 20.5 Å². The molecule has 28 heavy (non-hydrogen) atoms. The zero-order valence-electron chi connectivity index (χ0n) is 14.2. The second-order valence-electron chi connectivity index (χ2n) is 5.92. The molecule has 4 aromatic rings. The van der Waals surface area contributed by atoms with Crippen LogP contribution in [0.25, 0.3) is 27.8 Å². The molecule has 0 fully saturated rings. The summed E-state index contributed by atoms with van der Waals surface area (Å²) >= 11 is 4.40.